The SMILES string of the molecule is Cc1ccc(-c2noc(C(C)Sc3nnnn3C(C)(C)C)n2)cc1F. The summed E-state index contributed by atoms with van der Waals surface area (Å²) >= 11 is 1.43. The third-order valence-corrected chi connectivity index (χ3v) is 4.60. The molecule has 0 aliphatic rings. The molecule has 1 unspecified atom stereocenters. The highest BCUT2D eigenvalue weighted by molar-refractivity contribution is 7.99. The first kappa shape index (κ1) is 17.5. The summed E-state index contributed by atoms with van der Waals surface area (Å²) in [5, 5.41) is 16.3. The quantitative estimate of drug-likeness (QED) is 0.653. The Morgan fingerprint density at radius 3 is 2.72 bits per heavy atom. The van der Waals surface area contributed by atoms with Crippen LogP contribution in [0.1, 0.15) is 44.4 Å². The number of hydrogen-bond donors (Lipinski definition) is 0. The molecule has 0 saturated heterocycles. The van der Waals surface area contributed by atoms with Crippen molar-refractivity contribution < 1.29 is 8.91 Å². The van der Waals surface area contributed by atoms with Crippen molar-refractivity contribution in [2.45, 2.75) is 50.6 Å². The van der Waals surface area contributed by atoms with E-state index < -0.39 is 0 Å². The molecular formula is C16H19FN6OS. The summed E-state index contributed by atoms with van der Waals surface area (Å²) in [5.41, 5.74) is 0.922. The zero-order chi connectivity index (χ0) is 18.2. The number of nitrogens with zero attached hydrogens (tertiary/aromatic N) is 6. The Morgan fingerprint density at radius 1 is 1.28 bits per heavy atom. The van der Waals surface area contributed by atoms with Gasteiger partial charge in [0.15, 0.2) is 0 Å². The minimum absolute atomic E-state index is 0.149. The maximum absolute atomic E-state index is 13.7. The number of rotatable bonds is 4. The van der Waals surface area contributed by atoms with Crippen LogP contribution < -0.4 is 0 Å². The molecule has 0 saturated carbocycles. The van der Waals surface area contributed by atoms with Crippen molar-refractivity contribution in [2.24, 2.45) is 0 Å². The van der Waals surface area contributed by atoms with Crippen LogP contribution in [0, 0.1) is 12.7 Å². The van der Waals surface area contributed by atoms with Gasteiger partial charge in [0.05, 0.1) is 10.8 Å². The van der Waals surface area contributed by atoms with E-state index in [-0.39, 0.29) is 16.6 Å². The van der Waals surface area contributed by atoms with Gasteiger partial charge >= 0.3 is 0 Å². The minimum atomic E-state index is -0.296. The summed E-state index contributed by atoms with van der Waals surface area (Å²) in [4.78, 5) is 4.38. The van der Waals surface area contributed by atoms with Gasteiger partial charge in [-0.2, -0.15) is 4.98 Å². The molecule has 0 radical (unpaired) electrons. The fraction of sp³-hybridized carbons (Fsp3) is 0.438. The van der Waals surface area contributed by atoms with Crippen molar-refractivity contribution >= 4 is 11.8 Å². The highest BCUT2D eigenvalue weighted by atomic mass is 32.2. The summed E-state index contributed by atoms with van der Waals surface area (Å²) in [6.07, 6.45) is 0. The fourth-order valence-corrected chi connectivity index (χ4v) is 3.14. The van der Waals surface area contributed by atoms with Gasteiger partial charge in [0.25, 0.3) is 0 Å². The summed E-state index contributed by atoms with van der Waals surface area (Å²) in [6, 6.07) is 4.86. The molecule has 0 N–H and O–H groups in total. The molecule has 3 rings (SSSR count). The molecule has 2 heterocycles. The first-order valence-corrected chi connectivity index (χ1v) is 8.69. The first-order valence-electron chi connectivity index (χ1n) is 7.81. The van der Waals surface area contributed by atoms with Crippen LogP contribution in [0.4, 0.5) is 4.39 Å². The third-order valence-electron chi connectivity index (χ3n) is 3.58. The zero-order valence-electron chi connectivity index (χ0n) is 14.7. The number of aryl methyl sites for hydroxylation is 1. The van der Waals surface area contributed by atoms with E-state index in [0.717, 1.165) is 0 Å². The Morgan fingerprint density at radius 2 is 2.04 bits per heavy atom. The molecule has 2 aromatic heterocycles. The van der Waals surface area contributed by atoms with Gasteiger partial charge in [-0.25, -0.2) is 9.07 Å². The Kier molecular flexibility index (Phi) is 4.59. The predicted molar refractivity (Wildman–Crippen MR) is 91.5 cm³/mol. The number of hydrogen-bond acceptors (Lipinski definition) is 7. The smallest absolute Gasteiger partial charge is 0.240 e. The number of thioether (sulfide) groups is 1. The third kappa shape index (κ3) is 3.71. The zero-order valence-corrected chi connectivity index (χ0v) is 15.5. The van der Waals surface area contributed by atoms with E-state index in [0.29, 0.717) is 28.0 Å². The summed E-state index contributed by atoms with van der Waals surface area (Å²) in [7, 11) is 0. The van der Waals surface area contributed by atoms with Crippen LogP contribution in [-0.2, 0) is 5.54 Å². The Balaban J connectivity index is 1.80. The van der Waals surface area contributed by atoms with Crippen molar-refractivity contribution in [1.82, 2.24) is 30.3 Å². The topological polar surface area (TPSA) is 82.5 Å². The standard InChI is InChI=1S/C16H19FN6OS/c1-9-6-7-11(8-12(9)17)13-18-14(24-20-13)10(2)25-15-19-21-22-23(15)16(3,4)5/h6-8,10H,1-5H3. The monoisotopic (exact) mass is 362 g/mol. The van der Waals surface area contributed by atoms with Gasteiger partial charge in [0.2, 0.25) is 16.9 Å². The fourth-order valence-electron chi connectivity index (χ4n) is 2.13. The Hall–Kier alpha value is -2.29. The van der Waals surface area contributed by atoms with E-state index in [1.54, 1.807) is 23.7 Å². The van der Waals surface area contributed by atoms with Crippen molar-refractivity contribution in [3.8, 4) is 11.4 Å². The molecule has 1 aromatic carbocycles. The lowest BCUT2D eigenvalue weighted by Crippen LogP contribution is -2.24. The second kappa shape index (κ2) is 6.55. The van der Waals surface area contributed by atoms with Crippen LogP contribution in [0.15, 0.2) is 27.9 Å². The average Bonchev–Trinajstić information content (AvgIpc) is 3.18. The van der Waals surface area contributed by atoms with Crippen molar-refractivity contribution in [2.75, 3.05) is 0 Å². The van der Waals surface area contributed by atoms with Crippen LogP contribution in [0.5, 0.6) is 0 Å². The second-order valence-electron chi connectivity index (χ2n) is 6.72. The summed E-state index contributed by atoms with van der Waals surface area (Å²) < 4.78 is 20.8. The van der Waals surface area contributed by atoms with E-state index in [4.69, 9.17) is 4.52 Å². The molecule has 7 nitrogen and oxygen atoms in total. The maximum Gasteiger partial charge on any atom is 0.240 e. The minimum Gasteiger partial charge on any atom is -0.338 e. The highest BCUT2D eigenvalue weighted by Crippen LogP contribution is 2.34. The summed E-state index contributed by atoms with van der Waals surface area (Å²) in [6.45, 7) is 9.71. The largest absolute Gasteiger partial charge is 0.338 e. The molecule has 0 amide bonds. The van der Waals surface area contributed by atoms with Gasteiger partial charge in [-0.1, -0.05) is 29.1 Å². The van der Waals surface area contributed by atoms with Crippen molar-refractivity contribution in [3.63, 3.8) is 0 Å². The van der Waals surface area contributed by atoms with E-state index in [1.807, 2.05) is 27.7 Å². The normalized spacial score (nSPS) is 13.2. The van der Waals surface area contributed by atoms with Gasteiger partial charge in [-0.15, -0.1) is 5.10 Å². The number of benzene rings is 1. The van der Waals surface area contributed by atoms with E-state index in [1.165, 1.54) is 17.8 Å². The van der Waals surface area contributed by atoms with Crippen LogP contribution >= 0.6 is 11.8 Å². The van der Waals surface area contributed by atoms with Crippen LogP contribution in [0.3, 0.4) is 0 Å². The van der Waals surface area contributed by atoms with E-state index in [2.05, 4.69) is 25.7 Å². The average molecular weight is 362 g/mol. The van der Waals surface area contributed by atoms with Gasteiger partial charge < -0.3 is 4.52 Å². The lowest BCUT2D eigenvalue weighted by molar-refractivity contribution is 0.320. The van der Waals surface area contributed by atoms with Crippen molar-refractivity contribution in [3.05, 3.63) is 35.5 Å². The molecular weight excluding hydrogens is 343 g/mol. The first-order chi connectivity index (χ1) is 11.8. The number of halogens is 1. The molecule has 0 fully saturated rings. The molecule has 0 aliphatic carbocycles. The Labute approximate surface area is 149 Å². The van der Waals surface area contributed by atoms with Gasteiger partial charge in [-0.05, 0) is 56.7 Å². The molecule has 1 atom stereocenters. The number of tetrazole rings is 1. The molecule has 0 bridgehead atoms. The maximum atomic E-state index is 13.7. The van der Waals surface area contributed by atoms with Gasteiger partial charge in [-0.3, -0.25) is 0 Å². The molecule has 3 aromatic rings. The van der Waals surface area contributed by atoms with Crippen molar-refractivity contribution in [1.29, 1.82) is 0 Å². The molecule has 9 heteroatoms. The van der Waals surface area contributed by atoms with Crippen LogP contribution in [-0.4, -0.2) is 30.3 Å². The molecule has 132 valence electrons. The molecule has 25 heavy (non-hydrogen) atoms. The Bertz CT molecular complexity index is 885. The lowest BCUT2D eigenvalue weighted by Gasteiger charge is -2.19. The van der Waals surface area contributed by atoms with Gasteiger partial charge in [0, 0.05) is 5.56 Å². The van der Waals surface area contributed by atoms with Crippen LogP contribution in [0.2, 0.25) is 0 Å². The number of aromatic nitrogens is 6. The molecule has 0 aliphatic heterocycles. The van der Waals surface area contributed by atoms with E-state index in [9.17, 15) is 4.39 Å². The molecule has 0 spiro atoms. The van der Waals surface area contributed by atoms with E-state index >= 15 is 0 Å². The lowest BCUT2D eigenvalue weighted by atomic mass is 10.1. The second-order valence-corrected chi connectivity index (χ2v) is 8.03. The van der Waals surface area contributed by atoms with Crippen LogP contribution in [0.25, 0.3) is 11.4 Å². The predicted octanol–water partition coefficient (Wildman–Crippen LogP) is 3.78. The van der Waals surface area contributed by atoms with Gasteiger partial charge in [0.1, 0.15) is 5.82 Å². The summed E-state index contributed by atoms with van der Waals surface area (Å²) in [5.74, 6) is 0.497. The highest BCUT2D eigenvalue weighted by Gasteiger charge is 2.24.